The first-order valence-corrected chi connectivity index (χ1v) is 7.45. The van der Waals surface area contributed by atoms with Crippen molar-refractivity contribution in [3.05, 3.63) is 46.6 Å². The molecule has 0 aromatic heterocycles. The SMILES string of the molecule is CCN(Cc1ccccc1)C1=C(Cl)C(=O)OC1OC(C)C. The molecular formula is C16H20ClNO3. The summed E-state index contributed by atoms with van der Waals surface area (Å²) in [5, 5.41) is 0.110. The maximum absolute atomic E-state index is 11.7. The third kappa shape index (κ3) is 3.77. The van der Waals surface area contributed by atoms with Crippen molar-refractivity contribution in [3.63, 3.8) is 0 Å². The molecule has 1 atom stereocenters. The van der Waals surface area contributed by atoms with Crippen LogP contribution in [0.5, 0.6) is 0 Å². The molecular weight excluding hydrogens is 290 g/mol. The molecule has 0 spiro atoms. The molecule has 0 amide bonds. The van der Waals surface area contributed by atoms with Gasteiger partial charge in [-0.05, 0) is 26.3 Å². The van der Waals surface area contributed by atoms with Gasteiger partial charge in [0.05, 0.1) is 6.10 Å². The fraction of sp³-hybridized carbons (Fsp3) is 0.438. The second-order valence-electron chi connectivity index (χ2n) is 5.12. The van der Waals surface area contributed by atoms with Crippen LogP contribution in [-0.2, 0) is 20.8 Å². The molecule has 1 aromatic rings. The van der Waals surface area contributed by atoms with E-state index in [1.807, 2.05) is 56.0 Å². The zero-order valence-electron chi connectivity index (χ0n) is 12.5. The Bertz CT molecular complexity index is 528. The molecule has 0 fully saturated rings. The zero-order valence-corrected chi connectivity index (χ0v) is 13.3. The molecule has 4 nitrogen and oxygen atoms in total. The highest BCUT2D eigenvalue weighted by atomic mass is 35.5. The van der Waals surface area contributed by atoms with E-state index in [9.17, 15) is 4.79 Å². The molecule has 0 saturated heterocycles. The Hall–Kier alpha value is -1.52. The summed E-state index contributed by atoms with van der Waals surface area (Å²) in [7, 11) is 0. The van der Waals surface area contributed by atoms with Crippen molar-refractivity contribution in [3.8, 4) is 0 Å². The van der Waals surface area contributed by atoms with Gasteiger partial charge in [-0.2, -0.15) is 0 Å². The summed E-state index contributed by atoms with van der Waals surface area (Å²) >= 11 is 6.13. The van der Waals surface area contributed by atoms with Gasteiger partial charge in [-0.1, -0.05) is 41.9 Å². The summed E-state index contributed by atoms with van der Waals surface area (Å²) < 4.78 is 10.9. The molecule has 0 aliphatic carbocycles. The van der Waals surface area contributed by atoms with Crippen molar-refractivity contribution in [2.75, 3.05) is 6.54 Å². The molecule has 1 aromatic carbocycles. The van der Waals surface area contributed by atoms with E-state index in [1.54, 1.807) is 0 Å². The van der Waals surface area contributed by atoms with Crippen LogP contribution >= 0.6 is 11.6 Å². The van der Waals surface area contributed by atoms with E-state index in [0.717, 1.165) is 5.56 Å². The largest absolute Gasteiger partial charge is 0.425 e. The number of hydrogen-bond donors (Lipinski definition) is 0. The van der Waals surface area contributed by atoms with E-state index in [-0.39, 0.29) is 11.1 Å². The molecule has 114 valence electrons. The van der Waals surface area contributed by atoms with Gasteiger partial charge in [0, 0.05) is 13.1 Å². The maximum Gasteiger partial charge on any atom is 0.354 e. The number of rotatable bonds is 6. The second-order valence-corrected chi connectivity index (χ2v) is 5.50. The first kappa shape index (κ1) is 15.9. The highest BCUT2D eigenvalue weighted by Crippen LogP contribution is 2.31. The summed E-state index contributed by atoms with van der Waals surface area (Å²) in [6.45, 7) is 7.15. The van der Waals surface area contributed by atoms with Crippen LogP contribution in [-0.4, -0.2) is 29.8 Å². The average Bonchev–Trinajstić information content (AvgIpc) is 2.72. The number of halogens is 1. The standard InChI is InChI=1S/C16H20ClNO3/c1-4-18(10-12-8-6-5-7-9-12)14-13(17)15(19)21-16(14)20-11(2)3/h5-9,11,16H,4,10H2,1-3H3. The zero-order chi connectivity index (χ0) is 15.4. The summed E-state index contributed by atoms with van der Waals surface area (Å²) in [6.07, 6.45) is -0.788. The quantitative estimate of drug-likeness (QED) is 0.756. The number of carbonyl (C=O) groups excluding carboxylic acids is 1. The predicted molar refractivity (Wildman–Crippen MR) is 81.5 cm³/mol. The van der Waals surface area contributed by atoms with Crippen LogP contribution in [0.4, 0.5) is 0 Å². The number of benzene rings is 1. The van der Waals surface area contributed by atoms with Crippen LogP contribution in [0.25, 0.3) is 0 Å². The van der Waals surface area contributed by atoms with E-state index in [4.69, 9.17) is 21.1 Å². The van der Waals surface area contributed by atoms with E-state index < -0.39 is 12.3 Å². The van der Waals surface area contributed by atoms with Gasteiger partial charge in [0.25, 0.3) is 0 Å². The topological polar surface area (TPSA) is 38.8 Å². The van der Waals surface area contributed by atoms with Gasteiger partial charge in [-0.3, -0.25) is 0 Å². The molecule has 0 radical (unpaired) electrons. The molecule has 0 saturated carbocycles. The van der Waals surface area contributed by atoms with Crippen LogP contribution in [0, 0.1) is 0 Å². The number of hydrogen-bond acceptors (Lipinski definition) is 4. The minimum absolute atomic E-state index is 0.0594. The number of esters is 1. The predicted octanol–water partition coefficient (Wildman–Crippen LogP) is 3.27. The van der Waals surface area contributed by atoms with E-state index in [0.29, 0.717) is 18.8 Å². The molecule has 2 rings (SSSR count). The summed E-state index contributed by atoms with van der Waals surface area (Å²) in [5.41, 5.74) is 1.75. The Balaban J connectivity index is 2.23. The summed E-state index contributed by atoms with van der Waals surface area (Å²) in [6, 6.07) is 10.0. The molecule has 1 aliphatic heterocycles. The Morgan fingerprint density at radius 1 is 1.33 bits per heavy atom. The average molecular weight is 310 g/mol. The molecule has 0 bridgehead atoms. The minimum Gasteiger partial charge on any atom is -0.425 e. The Morgan fingerprint density at radius 3 is 2.57 bits per heavy atom. The maximum atomic E-state index is 11.7. The van der Waals surface area contributed by atoms with Crippen LogP contribution in [0.1, 0.15) is 26.3 Å². The Labute approximate surface area is 130 Å². The van der Waals surface area contributed by atoms with Crippen molar-refractivity contribution in [1.29, 1.82) is 0 Å². The highest BCUT2D eigenvalue weighted by Gasteiger charge is 2.37. The molecule has 0 N–H and O–H groups in total. The normalized spacial score (nSPS) is 18.3. The monoisotopic (exact) mass is 309 g/mol. The van der Waals surface area contributed by atoms with Crippen LogP contribution < -0.4 is 0 Å². The van der Waals surface area contributed by atoms with Gasteiger partial charge < -0.3 is 14.4 Å². The fourth-order valence-corrected chi connectivity index (χ4v) is 2.46. The van der Waals surface area contributed by atoms with E-state index in [2.05, 4.69) is 0 Å². The van der Waals surface area contributed by atoms with Crippen molar-refractivity contribution < 1.29 is 14.3 Å². The lowest BCUT2D eigenvalue weighted by Crippen LogP contribution is -2.31. The molecule has 21 heavy (non-hydrogen) atoms. The third-order valence-corrected chi connectivity index (χ3v) is 3.52. The van der Waals surface area contributed by atoms with Gasteiger partial charge in [0.2, 0.25) is 6.29 Å². The number of nitrogens with zero attached hydrogens (tertiary/aromatic N) is 1. The number of likely N-dealkylation sites (N-methyl/N-ethyl adjacent to an activating group) is 1. The molecule has 1 heterocycles. The van der Waals surface area contributed by atoms with Gasteiger partial charge in [-0.25, -0.2) is 4.79 Å². The molecule has 1 aliphatic rings. The van der Waals surface area contributed by atoms with Gasteiger partial charge in [-0.15, -0.1) is 0 Å². The molecule has 5 heteroatoms. The lowest BCUT2D eigenvalue weighted by atomic mass is 10.2. The van der Waals surface area contributed by atoms with Gasteiger partial charge in [0.15, 0.2) is 5.03 Å². The van der Waals surface area contributed by atoms with Crippen LogP contribution in [0.3, 0.4) is 0 Å². The fourth-order valence-electron chi connectivity index (χ4n) is 2.21. The first-order valence-electron chi connectivity index (χ1n) is 7.08. The second kappa shape index (κ2) is 6.96. The lowest BCUT2D eigenvalue weighted by Gasteiger charge is -2.28. The summed E-state index contributed by atoms with van der Waals surface area (Å²) in [4.78, 5) is 13.7. The van der Waals surface area contributed by atoms with Crippen molar-refractivity contribution in [1.82, 2.24) is 4.90 Å². The van der Waals surface area contributed by atoms with Crippen molar-refractivity contribution in [2.24, 2.45) is 0 Å². The van der Waals surface area contributed by atoms with Crippen LogP contribution in [0.2, 0.25) is 0 Å². The lowest BCUT2D eigenvalue weighted by molar-refractivity contribution is -0.168. The Morgan fingerprint density at radius 2 is 2.00 bits per heavy atom. The van der Waals surface area contributed by atoms with E-state index >= 15 is 0 Å². The van der Waals surface area contributed by atoms with Crippen molar-refractivity contribution in [2.45, 2.75) is 39.7 Å². The van der Waals surface area contributed by atoms with E-state index in [1.165, 1.54) is 0 Å². The van der Waals surface area contributed by atoms with Crippen LogP contribution in [0.15, 0.2) is 41.1 Å². The number of ether oxygens (including phenoxy) is 2. The van der Waals surface area contributed by atoms with Crippen molar-refractivity contribution >= 4 is 17.6 Å². The minimum atomic E-state index is -0.728. The number of cyclic esters (lactones) is 1. The number of carbonyl (C=O) groups is 1. The first-order chi connectivity index (χ1) is 10.0. The summed E-state index contributed by atoms with van der Waals surface area (Å²) in [5.74, 6) is -0.524. The smallest absolute Gasteiger partial charge is 0.354 e. The third-order valence-electron chi connectivity index (χ3n) is 3.18. The van der Waals surface area contributed by atoms with Gasteiger partial charge in [0.1, 0.15) is 5.70 Å². The highest BCUT2D eigenvalue weighted by molar-refractivity contribution is 6.42. The Kier molecular flexibility index (Phi) is 5.26. The molecule has 1 unspecified atom stereocenters. The van der Waals surface area contributed by atoms with Gasteiger partial charge >= 0.3 is 5.97 Å².